The zero-order valence-corrected chi connectivity index (χ0v) is 11.7. The molecule has 0 atom stereocenters. The van der Waals surface area contributed by atoms with Gasteiger partial charge in [-0.1, -0.05) is 41.5 Å². The maximum absolute atomic E-state index is 2.38. The topological polar surface area (TPSA) is 6.48 Å². The molecule has 0 amide bonds. The van der Waals surface area contributed by atoms with Gasteiger partial charge in [0.1, 0.15) is 0 Å². The first-order valence-corrected chi connectivity index (χ1v) is 6.14. The summed E-state index contributed by atoms with van der Waals surface area (Å²) < 4.78 is 0. The van der Waals surface area contributed by atoms with Crippen LogP contribution in [0.25, 0.3) is 0 Å². The highest BCUT2D eigenvalue weighted by Crippen LogP contribution is 1.82. The summed E-state index contributed by atoms with van der Waals surface area (Å²) in [6, 6.07) is 0. The second kappa shape index (κ2) is 16.4. The number of rotatable bonds is 6. The van der Waals surface area contributed by atoms with Crippen molar-refractivity contribution in [3.8, 4) is 0 Å². The fourth-order valence-corrected chi connectivity index (χ4v) is 1.34. The van der Waals surface area contributed by atoms with Gasteiger partial charge in [0.2, 0.25) is 0 Å². The van der Waals surface area contributed by atoms with Crippen LogP contribution in [0.1, 0.15) is 41.5 Å². The first kappa shape index (κ1) is 20.4. The highest BCUT2D eigenvalue weighted by molar-refractivity contribution is 5.75. The zero-order valence-electron chi connectivity index (χ0n) is 11.7. The van der Waals surface area contributed by atoms with E-state index in [1.54, 1.807) is 0 Å². The van der Waals surface area contributed by atoms with Gasteiger partial charge < -0.3 is 9.80 Å². The Morgan fingerprint density at radius 2 is 0.600 bits per heavy atom. The minimum atomic E-state index is 0. The molecule has 0 unspecified atom stereocenters. The first-order chi connectivity index (χ1) is 6.69. The molecule has 0 aliphatic rings. The highest BCUT2D eigenvalue weighted by atomic mass is 15.1. The van der Waals surface area contributed by atoms with E-state index in [0.717, 1.165) is 0 Å². The van der Waals surface area contributed by atoms with Crippen LogP contribution in [0.4, 0.5) is 0 Å². The van der Waals surface area contributed by atoms with E-state index in [2.05, 4.69) is 51.3 Å². The monoisotopic (exact) mass is 213 g/mol. The molecule has 0 rings (SSSR count). The quantitative estimate of drug-likeness (QED) is 0.625. The van der Waals surface area contributed by atoms with Gasteiger partial charge in [0.15, 0.2) is 0 Å². The lowest BCUT2D eigenvalue weighted by Crippen LogP contribution is -2.21. The molecule has 0 saturated carbocycles. The third-order valence-corrected chi connectivity index (χ3v) is 2.68. The van der Waals surface area contributed by atoms with Crippen molar-refractivity contribution in [2.75, 3.05) is 39.3 Å². The molecular formula is C12H30BN2. The van der Waals surface area contributed by atoms with Crippen molar-refractivity contribution in [2.45, 2.75) is 41.5 Å². The molecular weight excluding hydrogens is 183 g/mol. The van der Waals surface area contributed by atoms with Crippen molar-refractivity contribution in [2.24, 2.45) is 0 Å². The Morgan fingerprint density at radius 3 is 0.600 bits per heavy atom. The smallest absolute Gasteiger partial charge is 0 e. The van der Waals surface area contributed by atoms with Gasteiger partial charge in [0.25, 0.3) is 0 Å². The van der Waals surface area contributed by atoms with Crippen LogP contribution in [0.5, 0.6) is 0 Å². The van der Waals surface area contributed by atoms with E-state index >= 15 is 0 Å². The molecule has 0 fully saturated rings. The maximum Gasteiger partial charge on any atom is 0 e. The second-order valence-corrected chi connectivity index (χ2v) is 3.24. The largest absolute Gasteiger partial charge is 0.304 e. The SMILES string of the molecule is CCN(CC)CC.CCN(CC)CC.[B]. The van der Waals surface area contributed by atoms with E-state index in [-0.39, 0.29) is 8.41 Å². The summed E-state index contributed by atoms with van der Waals surface area (Å²) in [5, 5.41) is 0. The molecule has 0 spiro atoms. The lowest BCUT2D eigenvalue weighted by atomic mass is 10.5. The van der Waals surface area contributed by atoms with E-state index in [4.69, 9.17) is 0 Å². The Morgan fingerprint density at radius 1 is 0.467 bits per heavy atom. The average Bonchev–Trinajstić information content (AvgIpc) is 2.24. The van der Waals surface area contributed by atoms with Crippen LogP contribution >= 0.6 is 0 Å². The van der Waals surface area contributed by atoms with E-state index in [1.165, 1.54) is 39.3 Å². The van der Waals surface area contributed by atoms with Gasteiger partial charge in [-0.2, -0.15) is 0 Å². The molecule has 0 aliphatic heterocycles. The van der Waals surface area contributed by atoms with E-state index in [0.29, 0.717) is 0 Å². The Hall–Kier alpha value is -0.0151. The van der Waals surface area contributed by atoms with Gasteiger partial charge in [-0.05, 0) is 39.3 Å². The molecule has 0 bridgehead atoms. The molecule has 0 aliphatic carbocycles. The van der Waals surface area contributed by atoms with Crippen molar-refractivity contribution in [1.82, 2.24) is 9.80 Å². The summed E-state index contributed by atoms with van der Waals surface area (Å²) in [6.45, 7) is 20.2. The van der Waals surface area contributed by atoms with Crippen LogP contribution in [0.3, 0.4) is 0 Å². The second-order valence-electron chi connectivity index (χ2n) is 3.24. The molecule has 91 valence electrons. The van der Waals surface area contributed by atoms with Crippen LogP contribution in [0.2, 0.25) is 0 Å². The first-order valence-electron chi connectivity index (χ1n) is 6.14. The van der Waals surface area contributed by atoms with Crippen molar-refractivity contribution in [3.05, 3.63) is 0 Å². The van der Waals surface area contributed by atoms with Gasteiger partial charge in [-0.3, -0.25) is 0 Å². The van der Waals surface area contributed by atoms with E-state index in [1.807, 2.05) is 0 Å². The molecule has 0 aromatic heterocycles. The lowest BCUT2D eigenvalue weighted by molar-refractivity contribution is 0.321. The summed E-state index contributed by atoms with van der Waals surface area (Å²) in [7, 11) is 0. The lowest BCUT2D eigenvalue weighted by Gasteiger charge is -2.13. The fourth-order valence-electron chi connectivity index (χ4n) is 1.34. The minimum absolute atomic E-state index is 0. The zero-order chi connectivity index (χ0) is 11.4. The van der Waals surface area contributed by atoms with Crippen LogP contribution in [0.15, 0.2) is 0 Å². The number of nitrogens with zero attached hydrogens (tertiary/aromatic N) is 2. The summed E-state index contributed by atoms with van der Waals surface area (Å²) in [5.41, 5.74) is 0. The minimum Gasteiger partial charge on any atom is -0.304 e. The molecule has 15 heavy (non-hydrogen) atoms. The van der Waals surface area contributed by atoms with E-state index < -0.39 is 0 Å². The molecule has 0 N–H and O–H groups in total. The van der Waals surface area contributed by atoms with Gasteiger partial charge in [-0.15, -0.1) is 0 Å². The third-order valence-electron chi connectivity index (χ3n) is 2.68. The molecule has 0 aromatic carbocycles. The van der Waals surface area contributed by atoms with Gasteiger partial charge >= 0.3 is 0 Å². The summed E-state index contributed by atoms with van der Waals surface area (Å²) in [6.07, 6.45) is 0. The van der Waals surface area contributed by atoms with Gasteiger partial charge in [0.05, 0.1) is 0 Å². The Bertz CT molecular complexity index is 68.6. The summed E-state index contributed by atoms with van der Waals surface area (Å²) in [5.74, 6) is 0. The number of hydrogen-bond acceptors (Lipinski definition) is 2. The van der Waals surface area contributed by atoms with Crippen molar-refractivity contribution in [1.29, 1.82) is 0 Å². The maximum atomic E-state index is 2.38. The van der Waals surface area contributed by atoms with Crippen molar-refractivity contribution < 1.29 is 0 Å². The van der Waals surface area contributed by atoms with Crippen molar-refractivity contribution >= 4 is 8.41 Å². The molecule has 0 heterocycles. The standard InChI is InChI=1S/2C6H15N.B/c2*1-4-7(5-2)6-3;/h2*4-6H2,1-3H3;. The molecule has 0 saturated heterocycles. The Labute approximate surface area is 99.6 Å². The van der Waals surface area contributed by atoms with E-state index in [9.17, 15) is 0 Å². The van der Waals surface area contributed by atoms with Crippen LogP contribution < -0.4 is 0 Å². The molecule has 2 nitrogen and oxygen atoms in total. The average molecular weight is 213 g/mol. The van der Waals surface area contributed by atoms with Gasteiger partial charge in [-0.25, -0.2) is 0 Å². The highest BCUT2D eigenvalue weighted by Gasteiger charge is 1.89. The van der Waals surface area contributed by atoms with Crippen LogP contribution in [-0.4, -0.2) is 57.5 Å². The Balaban J connectivity index is -0.000000180. The number of hydrogen-bond donors (Lipinski definition) is 0. The summed E-state index contributed by atoms with van der Waals surface area (Å²) in [4.78, 5) is 4.75. The third kappa shape index (κ3) is 14.0. The Kier molecular flexibility index (Phi) is 22.3. The molecule has 0 aromatic rings. The predicted molar refractivity (Wildman–Crippen MR) is 72.7 cm³/mol. The predicted octanol–water partition coefficient (Wildman–Crippen LogP) is 2.32. The normalized spacial score (nSPS) is 9.60. The van der Waals surface area contributed by atoms with Crippen molar-refractivity contribution in [3.63, 3.8) is 0 Å². The van der Waals surface area contributed by atoms with Crippen LogP contribution in [-0.2, 0) is 0 Å². The van der Waals surface area contributed by atoms with Crippen LogP contribution in [0, 0.1) is 0 Å². The van der Waals surface area contributed by atoms with Gasteiger partial charge in [0, 0.05) is 8.41 Å². The molecule has 3 heteroatoms. The fraction of sp³-hybridized carbons (Fsp3) is 1.00. The summed E-state index contributed by atoms with van der Waals surface area (Å²) >= 11 is 0. The molecule has 3 radical (unpaired) electrons.